The summed E-state index contributed by atoms with van der Waals surface area (Å²) < 4.78 is 5.20. The van der Waals surface area contributed by atoms with Crippen LogP contribution >= 0.6 is 23.1 Å². The Hall–Kier alpha value is -2.06. The number of amides is 2. The highest BCUT2D eigenvalue weighted by Gasteiger charge is 2.23. The molecule has 2 aromatic rings. The van der Waals surface area contributed by atoms with E-state index in [4.69, 9.17) is 4.74 Å². The summed E-state index contributed by atoms with van der Waals surface area (Å²) in [5.41, 5.74) is 0.399. The van der Waals surface area contributed by atoms with E-state index in [1.165, 1.54) is 18.4 Å². The minimum absolute atomic E-state index is 0.276. The zero-order valence-corrected chi connectivity index (χ0v) is 15.1. The van der Waals surface area contributed by atoms with Gasteiger partial charge in [0.15, 0.2) is 5.13 Å². The number of ether oxygens (including phenoxy) is 1. The summed E-state index contributed by atoms with van der Waals surface area (Å²) in [6, 6.07) is 6.28. The van der Waals surface area contributed by atoms with Crippen molar-refractivity contribution < 1.29 is 14.3 Å². The van der Waals surface area contributed by atoms with Crippen LogP contribution in [0.4, 0.5) is 5.13 Å². The summed E-state index contributed by atoms with van der Waals surface area (Å²) in [6.45, 7) is 0. The highest BCUT2D eigenvalue weighted by molar-refractivity contribution is 7.98. The zero-order valence-electron chi connectivity index (χ0n) is 13.4. The molecule has 6 nitrogen and oxygen atoms in total. The number of nitrogens with one attached hydrogen (secondary N) is 2. The molecular weight excluding hydrogens is 346 g/mol. The first-order chi connectivity index (χ1) is 11.7. The SMILES string of the molecule is COc1ccccc1C(=O)NC(CCSC)C(=O)Nc1nccs1. The van der Waals surface area contributed by atoms with E-state index in [0.29, 0.717) is 22.9 Å². The second kappa shape index (κ2) is 9.29. The van der Waals surface area contributed by atoms with Crippen molar-refractivity contribution >= 4 is 40.0 Å². The Balaban J connectivity index is 2.09. The number of benzene rings is 1. The molecular formula is C16H19N3O3S2. The predicted molar refractivity (Wildman–Crippen MR) is 98.0 cm³/mol. The van der Waals surface area contributed by atoms with Crippen LogP contribution in [0.2, 0.25) is 0 Å². The molecule has 1 unspecified atom stereocenters. The Bertz CT molecular complexity index is 677. The average Bonchev–Trinajstić information content (AvgIpc) is 3.11. The first kappa shape index (κ1) is 18.3. The molecule has 24 heavy (non-hydrogen) atoms. The van der Waals surface area contributed by atoms with Crippen molar-refractivity contribution in [2.24, 2.45) is 0 Å². The quantitative estimate of drug-likeness (QED) is 0.752. The molecule has 2 N–H and O–H groups in total. The Morgan fingerprint density at radius 1 is 1.38 bits per heavy atom. The van der Waals surface area contributed by atoms with Crippen LogP contribution in [0.5, 0.6) is 5.75 Å². The molecule has 128 valence electrons. The molecule has 2 rings (SSSR count). The van der Waals surface area contributed by atoms with Gasteiger partial charge in [-0.05, 0) is 30.6 Å². The van der Waals surface area contributed by atoms with Crippen molar-refractivity contribution in [2.75, 3.05) is 24.4 Å². The lowest BCUT2D eigenvalue weighted by molar-refractivity contribution is -0.118. The Morgan fingerprint density at radius 2 is 2.17 bits per heavy atom. The number of carbonyl (C=O) groups is 2. The number of thioether (sulfide) groups is 1. The molecule has 1 aromatic heterocycles. The van der Waals surface area contributed by atoms with Crippen LogP contribution in [0, 0.1) is 0 Å². The lowest BCUT2D eigenvalue weighted by Crippen LogP contribution is -2.44. The highest BCUT2D eigenvalue weighted by atomic mass is 32.2. The predicted octanol–water partition coefficient (Wildman–Crippen LogP) is 2.64. The highest BCUT2D eigenvalue weighted by Crippen LogP contribution is 2.18. The van der Waals surface area contributed by atoms with E-state index >= 15 is 0 Å². The van der Waals surface area contributed by atoms with E-state index in [0.717, 1.165) is 5.75 Å². The minimum atomic E-state index is -0.640. The van der Waals surface area contributed by atoms with E-state index < -0.39 is 6.04 Å². The van der Waals surface area contributed by atoms with Gasteiger partial charge in [0.25, 0.3) is 5.91 Å². The van der Waals surface area contributed by atoms with Crippen LogP contribution in [0.25, 0.3) is 0 Å². The van der Waals surface area contributed by atoms with Gasteiger partial charge in [0.1, 0.15) is 11.8 Å². The van der Waals surface area contributed by atoms with Gasteiger partial charge in [0.05, 0.1) is 12.7 Å². The molecule has 0 radical (unpaired) electrons. The van der Waals surface area contributed by atoms with Gasteiger partial charge >= 0.3 is 0 Å². The van der Waals surface area contributed by atoms with Crippen LogP contribution in [0.1, 0.15) is 16.8 Å². The number of rotatable bonds is 8. The van der Waals surface area contributed by atoms with E-state index in [2.05, 4.69) is 15.6 Å². The average molecular weight is 365 g/mol. The fraction of sp³-hybridized carbons (Fsp3) is 0.312. The molecule has 8 heteroatoms. The van der Waals surface area contributed by atoms with Crippen molar-refractivity contribution in [3.8, 4) is 5.75 Å². The number of para-hydroxylation sites is 1. The monoisotopic (exact) mass is 365 g/mol. The molecule has 1 atom stereocenters. The third kappa shape index (κ3) is 4.97. The lowest BCUT2D eigenvalue weighted by Gasteiger charge is -2.18. The summed E-state index contributed by atoms with van der Waals surface area (Å²) in [5.74, 6) is 0.608. The lowest BCUT2D eigenvalue weighted by atomic mass is 10.1. The summed E-state index contributed by atoms with van der Waals surface area (Å²) in [7, 11) is 1.51. The number of carbonyl (C=O) groups excluding carboxylic acids is 2. The molecule has 0 aliphatic rings. The van der Waals surface area contributed by atoms with Crippen LogP contribution < -0.4 is 15.4 Å². The summed E-state index contributed by atoms with van der Waals surface area (Å²) >= 11 is 2.95. The third-order valence-corrected chi connectivity index (χ3v) is 4.58. The van der Waals surface area contributed by atoms with Crippen LogP contribution in [-0.4, -0.2) is 42.0 Å². The number of methoxy groups -OCH3 is 1. The van der Waals surface area contributed by atoms with E-state index in [9.17, 15) is 9.59 Å². The molecule has 0 fully saturated rings. The van der Waals surface area contributed by atoms with Crippen LogP contribution in [0.3, 0.4) is 0 Å². The summed E-state index contributed by atoms with van der Waals surface area (Å²) in [6.07, 6.45) is 4.10. The maximum Gasteiger partial charge on any atom is 0.255 e. The molecule has 0 aliphatic heterocycles. The second-order valence-corrected chi connectivity index (χ2v) is 6.71. The summed E-state index contributed by atoms with van der Waals surface area (Å²) in [5, 5.41) is 7.81. The molecule has 0 saturated heterocycles. The van der Waals surface area contributed by atoms with Crippen molar-refractivity contribution in [1.29, 1.82) is 0 Å². The smallest absolute Gasteiger partial charge is 0.255 e. The number of hydrogen-bond acceptors (Lipinski definition) is 6. The number of nitrogens with zero attached hydrogens (tertiary/aromatic N) is 1. The third-order valence-electron chi connectivity index (χ3n) is 3.25. The zero-order chi connectivity index (χ0) is 17.4. The minimum Gasteiger partial charge on any atom is -0.496 e. The molecule has 1 aromatic carbocycles. The van der Waals surface area contributed by atoms with Crippen LogP contribution in [0.15, 0.2) is 35.8 Å². The standard InChI is InChI=1S/C16H19N3O3S2/c1-22-13-6-4-3-5-11(13)14(20)18-12(7-9-23-2)15(21)19-16-17-8-10-24-16/h3-6,8,10,12H,7,9H2,1-2H3,(H,18,20)(H,17,19,21). The fourth-order valence-corrected chi connectivity index (χ4v) is 3.05. The van der Waals surface area contributed by atoms with Crippen LogP contribution in [-0.2, 0) is 4.79 Å². The normalized spacial score (nSPS) is 11.6. The molecule has 0 aliphatic carbocycles. The van der Waals surface area contributed by atoms with Gasteiger partial charge in [-0.1, -0.05) is 12.1 Å². The van der Waals surface area contributed by atoms with E-state index in [1.54, 1.807) is 47.6 Å². The van der Waals surface area contributed by atoms with Gasteiger partial charge in [-0.3, -0.25) is 9.59 Å². The molecule has 1 heterocycles. The van der Waals surface area contributed by atoms with Crippen molar-refractivity contribution in [2.45, 2.75) is 12.5 Å². The van der Waals surface area contributed by atoms with Gasteiger partial charge < -0.3 is 15.4 Å². The van der Waals surface area contributed by atoms with Crippen molar-refractivity contribution in [1.82, 2.24) is 10.3 Å². The maximum atomic E-state index is 12.5. The van der Waals surface area contributed by atoms with E-state index in [-0.39, 0.29) is 11.8 Å². The van der Waals surface area contributed by atoms with Gasteiger partial charge in [0.2, 0.25) is 5.91 Å². The first-order valence-electron chi connectivity index (χ1n) is 7.29. The Morgan fingerprint density at radius 3 is 2.83 bits per heavy atom. The number of hydrogen-bond donors (Lipinski definition) is 2. The Kier molecular flexibility index (Phi) is 7.07. The van der Waals surface area contributed by atoms with Crippen molar-refractivity contribution in [3.63, 3.8) is 0 Å². The van der Waals surface area contributed by atoms with Gasteiger partial charge in [-0.15, -0.1) is 11.3 Å². The van der Waals surface area contributed by atoms with Crippen molar-refractivity contribution in [3.05, 3.63) is 41.4 Å². The number of aromatic nitrogens is 1. The number of anilines is 1. The summed E-state index contributed by atoms with van der Waals surface area (Å²) in [4.78, 5) is 29.0. The molecule has 2 amide bonds. The largest absolute Gasteiger partial charge is 0.496 e. The fourth-order valence-electron chi connectivity index (χ4n) is 2.05. The Labute approximate surface area is 149 Å². The van der Waals surface area contributed by atoms with Gasteiger partial charge in [-0.2, -0.15) is 11.8 Å². The second-order valence-electron chi connectivity index (χ2n) is 4.83. The van der Waals surface area contributed by atoms with E-state index in [1.807, 2.05) is 6.26 Å². The topological polar surface area (TPSA) is 80.3 Å². The van der Waals surface area contributed by atoms with Gasteiger partial charge in [0, 0.05) is 11.6 Å². The molecule has 0 spiro atoms. The number of thiazole rings is 1. The maximum absolute atomic E-state index is 12.5. The molecule has 0 saturated carbocycles. The van der Waals surface area contributed by atoms with Gasteiger partial charge in [-0.25, -0.2) is 4.98 Å². The first-order valence-corrected chi connectivity index (χ1v) is 9.56. The molecule has 0 bridgehead atoms.